The largest absolute Gasteiger partial charge is 0.294 e. The molecule has 1 saturated carbocycles. The maximum Gasteiger partial charge on any atom is 0.167 e. The lowest BCUT2D eigenvalue weighted by molar-refractivity contribution is 0.0955. The van der Waals surface area contributed by atoms with Crippen molar-refractivity contribution in [3.63, 3.8) is 0 Å². The number of rotatable bonds is 2. The van der Waals surface area contributed by atoms with Gasteiger partial charge in [-0.1, -0.05) is 54.0 Å². The average molecular weight is 303 g/mol. The van der Waals surface area contributed by atoms with E-state index < -0.39 is 0 Å². The van der Waals surface area contributed by atoms with E-state index in [1.165, 1.54) is 0 Å². The fourth-order valence-electron chi connectivity index (χ4n) is 2.58. The third kappa shape index (κ3) is 1.79. The van der Waals surface area contributed by atoms with E-state index in [1.54, 1.807) is 0 Å². The highest BCUT2D eigenvalue weighted by Gasteiger charge is 2.50. The second-order valence-corrected chi connectivity index (χ2v) is 6.60. The van der Waals surface area contributed by atoms with E-state index in [4.69, 9.17) is 0 Å². The van der Waals surface area contributed by atoms with Gasteiger partial charge in [0.15, 0.2) is 5.78 Å². The summed E-state index contributed by atoms with van der Waals surface area (Å²) >= 11 is 3.54. The summed E-state index contributed by atoms with van der Waals surface area (Å²) < 4.78 is 1.05. The second-order valence-electron chi connectivity index (χ2n) is 5.75. The molecule has 0 aromatic heterocycles. The van der Waals surface area contributed by atoms with E-state index in [0.29, 0.717) is 5.78 Å². The average Bonchev–Trinajstić information content (AvgIpc) is 2.99. The van der Waals surface area contributed by atoms with E-state index >= 15 is 0 Å². The summed E-state index contributed by atoms with van der Waals surface area (Å²) in [6.07, 6.45) is 1.01. The molecular weight excluding hydrogens is 288 g/mol. The first-order chi connectivity index (χ1) is 8.50. The first kappa shape index (κ1) is 11.9. The highest BCUT2D eigenvalue weighted by molar-refractivity contribution is 9.10. The first-order valence-electron chi connectivity index (χ1n) is 6.22. The maximum absolute atomic E-state index is 12.5. The van der Waals surface area contributed by atoms with Gasteiger partial charge < -0.3 is 0 Å². The van der Waals surface area contributed by atoms with Crippen molar-refractivity contribution in [2.24, 2.45) is 11.3 Å². The number of fused-ring (bicyclic) bond motifs is 1. The van der Waals surface area contributed by atoms with Gasteiger partial charge in [0, 0.05) is 16.0 Å². The Kier molecular flexibility index (Phi) is 2.60. The Labute approximate surface area is 115 Å². The lowest BCUT2D eigenvalue weighted by Gasteiger charge is -2.08. The second kappa shape index (κ2) is 3.92. The van der Waals surface area contributed by atoms with Crippen molar-refractivity contribution in [1.82, 2.24) is 0 Å². The maximum atomic E-state index is 12.5. The molecule has 1 unspecified atom stereocenters. The predicted molar refractivity (Wildman–Crippen MR) is 77.9 cm³/mol. The van der Waals surface area contributed by atoms with Crippen LogP contribution in [0.4, 0.5) is 0 Å². The van der Waals surface area contributed by atoms with E-state index in [0.717, 1.165) is 27.2 Å². The van der Waals surface area contributed by atoms with Gasteiger partial charge in [0.25, 0.3) is 0 Å². The zero-order valence-corrected chi connectivity index (χ0v) is 12.1. The van der Waals surface area contributed by atoms with Crippen molar-refractivity contribution in [3.8, 4) is 0 Å². The third-order valence-electron chi connectivity index (χ3n) is 3.97. The quantitative estimate of drug-likeness (QED) is 0.726. The van der Waals surface area contributed by atoms with Gasteiger partial charge in [-0.25, -0.2) is 0 Å². The fourth-order valence-corrected chi connectivity index (χ4v) is 3.06. The molecule has 0 N–H and O–H groups in total. The number of ketones is 1. The normalized spacial score (nSPS) is 20.9. The van der Waals surface area contributed by atoms with Crippen molar-refractivity contribution < 1.29 is 4.79 Å². The number of benzene rings is 2. The molecule has 0 saturated heterocycles. The first-order valence-corrected chi connectivity index (χ1v) is 7.01. The molecule has 2 heteroatoms. The summed E-state index contributed by atoms with van der Waals surface area (Å²) in [6.45, 7) is 4.33. The molecule has 2 aromatic rings. The van der Waals surface area contributed by atoms with Gasteiger partial charge in [-0.2, -0.15) is 0 Å². The van der Waals surface area contributed by atoms with Crippen LogP contribution in [0.1, 0.15) is 30.6 Å². The summed E-state index contributed by atoms with van der Waals surface area (Å²) in [6, 6.07) is 12.0. The van der Waals surface area contributed by atoms with E-state index in [1.807, 2.05) is 36.4 Å². The highest BCUT2D eigenvalue weighted by Crippen LogP contribution is 2.53. The van der Waals surface area contributed by atoms with Crippen LogP contribution in [-0.4, -0.2) is 5.78 Å². The molecule has 1 aliphatic rings. The van der Waals surface area contributed by atoms with E-state index in [9.17, 15) is 4.79 Å². The number of hydrogen-bond acceptors (Lipinski definition) is 1. The van der Waals surface area contributed by atoms with Crippen LogP contribution in [0, 0.1) is 11.3 Å². The predicted octanol–water partition coefficient (Wildman–Crippen LogP) is 4.83. The van der Waals surface area contributed by atoms with E-state index in [2.05, 4.69) is 29.8 Å². The van der Waals surface area contributed by atoms with Crippen LogP contribution in [0.25, 0.3) is 10.8 Å². The summed E-state index contributed by atoms with van der Waals surface area (Å²) in [5.41, 5.74) is 1.05. The SMILES string of the molecule is CC1(C)CC1C(=O)c1ccc(Br)c2ccccc12. The molecular formula is C16H15BrO. The molecule has 0 bridgehead atoms. The Balaban J connectivity index is 2.13. The number of hydrogen-bond donors (Lipinski definition) is 0. The molecule has 0 heterocycles. The van der Waals surface area contributed by atoms with Crippen molar-refractivity contribution >= 4 is 32.5 Å². The van der Waals surface area contributed by atoms with Crippen LogP contribution in [0.3, 0.4) is 0 Å². The zero-order valence-electron chi connectivity index (χ0n) is 10.5. The topological polar surface area (TPSA) is 17.1 Å². The molecule has 3 rings (SSSR count). The molecule has 0 amide bonds. The minimum Gasteiger partial charge on any atom is -0.294 e. The van der Waals surface area contributed by atoms with Crippen molar-refractivity contribution in [2.75, 3.05) is 0 Å². The summed E-state index contributed by atoms with van der Waals surface area (Å²) in [5, 5.41) is 2.17. The van der Waals surface area contributed by atoms with Gasteiger partial charge in [0.1, 0.15) is 0 Å². The molecule has 2 aromatic carbocycles. The third-order valence-corrected chi connectivity index (χ3v) is 4.66. The van der Waals surface area contributed by atoms with Crippen molar-refractivity contribution in [2.45, 2.75) is 20.3 Å². The van der Waals surface area contributed by atoms with Gasteiger partial charge in [0.2, 0.25) is 0 Å². The van der Waals surface area contributed by atoms with Crippen LogP contribution < -0.4 is 0 Å². The Morgan fingerprint density at radius 3 is 2.39 bits per heavy atom. The summed E-state index contributed by atoms with van der Waals surface area (Å²) in [7, 11) is 0. The lowest BCUT2D eigenvalue weighted by atomic mass is 9.96. The molecule has 0 aliphatic heterocycles. The number of halogens is 1. The van der Waals surface area contributed by atoms with Gasteiger partial charge in [-0.15, -0.1) is 0 Å². The molecule has 1 fully saturated rings. The smallest absolute Gasteiger partial charge is 0.167 e. The van der Waals surface area contributed by atoms with Crippen LogP contribution in [-0.2, 0) is 0 Å². The van der Waals surface area contributed by atoms with Crippen LogP contribution in [0.5, 0.6) is 0 Å². The van der Waals surface area contributed by atoms with Gasteiger partial charge in [0.05, 0.1) is 0 Å². The minimum absolute atomic E-state index is 0.186. The van der Waals surface area contributed by atoms with Gasteiger partial charge in [-0.05, 0) is 34.7 Å². The molecule has 1 nitrogen and oxygen atoms in total. The molecule has 1 aliphatic carbocycles. The molecule has 92 valence electrons. The van der Waals surface area contributed by atoms with Crippen LogP contribution in [0.15, 0.2) is 40.9 Å². The van der Waals surface area contributed by atoms with Gasteiger partial charge in [-0.3, -0.25) is 4.79 Å². The Bertz CT molecular complexity index is 643. The standard InChI is InChI=1S/C16H15BrO/c1-16(2)9-13(16)15(18)12-7-8-14(17)11-6-4-3-5-10(11)12/h3-8,13H,9H2,1-2H3. The molecule has 18 heavy (non-hydrogen) atoms. The Hall–Kier alpha value is -1.15. The highest BCUT2D eigenvalue weighted by atomic mass is 79.9. The Morgan fingerprint density at radius 2 is 1.78 bits per heavy atom. The van der Waals surface area contributed by atoms with Crippen molar-refractivity contribution in [1.29, 1.82) is 0 Å². The number of carbonyl (C=O) groups is 1. The number of Topliss-reactive ketones (excluding diaryl/α,β-unsaturated/α-hetero) is 1. The summed E-state index contributed by atoms with van der Waals surface area (Å²) in [4.78, 5) is 12.5. The molecule has 0 spiro atoms. The van der Waals surface area contributed by atoms with Crippen LogP contribution >= 0.6 is 15.9 Å². The Morgan fingerprint density at radius 1 is 1.17 bits per heavy atom. The van der Waals surface area contributed by atoms with Crippen LogP contribution in [0.2, 0.25) is 0 Å². The fraction of sp³-hybridized carbons (Fsp3) is 0.312. The molecule has 0 radical (unpaired) electrons. The van der Waals surface area contributed by atoms with Gasteiger partial charge >= 0.3 is 0 Å². The van der Waals surface area contributed by atoms with E-state index in [-0.39, 0.29) is 11.3 Å². The minimum atomic E-state index is 0.186. The van der Waals surface area contributed by atoms with Crippen molar-refractivity contribution in [3.05, 3.63) is 46.4 Å². The number of carbonyl (C=O) groups excluding carboxylic acids is 1. The summed E-state index contributed by atoms with van der Waals surface area (Å²) in [5.74, 6) is 0.491. The zero-order chi connectivity index (χ0) is 12.9. The monoisotopic (exact) mass is 302 g/mol. The molecule has 1 atom stereocenters. The lowest BCUT2D eigenvalue weighted by Crippen LogP contribution is -2.07.